The fraction of sp³-hybridized carbons (Fsp3) is 0.208. The van der Waals surface area contributed by atoms with Crippen molar-refractivity contribution in [2.75, 3.05) is 30.1 Å². The van der Waals surface area contributed by atoms with Crippen molar-refractivity contribution in [3.63, 3.8) is 0 Å². The maximum atomic E-state index is 13.4. The van der Waals surface area contributed by atoms with Crippen LogP contribution < -0.4 is 19.1 Å². The minimum absolute atomic E-state index is 0.0221. The Morgan fingerprint density at radius 3 is 2.09 bits per heavy atom. The molecular weight excluding hydrogens is 499 g/mol. The van der Waals surface area contributed by atoms with E-state index in [0.717, 1.165) is 16.1 Å². The van der Waals surface area contributed by atoms with E-state index in [-0.39, 0.29) is 29.3 Å². The number of hydrogen-bond acceptors (Lipinski definition) is 5. The van der Waals surface area contributed by atoms with Crippen LogP contribution >= 0.6 is 23.2 Å². The molecule has 0 radical (unpaired) electrons. The Labute approximate surface area is 209 Å². The van der Waals surface area contributed by atoms with Gasteiger partial charge in [-0.25, -0.2) is 8.42 Å². The van der Waals surface area contributed by atoms with Crippen molar-refractivity contribution in [1.29, 1.82) is 0 Å². The van der Waals surface area contributed by atoms with E-state index in [1.54, 1.807) is 49.4 Å². The summed E-state index contributed by atoms with van der Waals surface area (Å²) in [7, 11) is -0.939. The molecule has 3 aromatic carbocycles. The normalized spacial score (nSPS) is 11.1. The minimum atomic E-state index is -3.81. The fourth-order valence-electron chi connectivity index (χ4n) is 3.35. The Kier molecular flexibility index (Phi) is 7.97. The van der Waals surface area contributed by atoms with Gasteiger partial charge in [0, 0.05) is 21.8 Å². The van der Waals surface area contributed by atoms with Crippen LogP contribution in [-0.2, 0) is 16.6 Å². The van der Waals surface area contributed by atoms with Crippen LogP contribution in [0.3, 0.4) is 0 Å². The summed E-state index contributed by atoms with van der Waals surface area (Å²) < 4.78 is 37.6. The van der Waals surface area contributed by atoms with Crippen molar-refractivity contribution in [3.8, 4) is 11.5 Å². The average Bonchev–Trinajstić information content (AvgIpc) is 2.78. The van der Waals surface area contributed by atoms with Gasteiger partial charge in [0.05, 0.1) is 38.3 Å². The Hall–Kier alpha value is -2.94. The molecule has 0 aliphatic heterocycles. The number of halogens is 2. The van der Waals surface area contributed by atoms with Crippen molar-refractivity contribution >= 4 is 50.5 Å². The highest BCUT2D eigenvalue weighted by atomic mass is 35.5. The summed E-state index contributed by atoms with van der Waals surface area (Å²) in [5.41, 5.74) is 2.21. The summed E-state index contributed by atoms with van der Waals surface area (Å²) in [5.74, 6) is 0.0387. The van der Waals surface area contributed by atoms with Crippen molar-refractivity contribution in [1.82, 2.24) is 0 Å². The number of amides is 1. The van der Waals surface area contributed by atoms with E-state index in [9.17, 15) is 13.2 Å². The molecule has 0 aliphatic carbocycles. The first-order chi connectivity index (χ1) is 16.0. The van der Waals surface area contributed by atoms with E-state index in [1.165, 1.54) is 26.4 Å². The van der Waals surface area contributed by atoms with Crippen LogP contribution in [0, 0.1) is 6.92 Å². The van der Waals surface area contributed by atoms with E-state index in [4.69, 9.17) is 32.7 Å². The molecule has 1 N–H and O–H groups in total. The second kappa shape index (κ2) is 10.5. The van der Waals surface area contributed by atoms with Crippen LogP contribution in [0.1, 0.15) is 21.5 Å². The SMILES string of the molecule is COc1cc(C(=O)Nc2ccc(Cl)cc2C)c(N(Cc2ccc(Cl)cc2)S(C)(=O)=O)cc1OC. The number of carbonyl (C=O) groups excluding carboxylic acids is 1. The number of aryl methyl sites for hydroxylation is 1. The van der Waals surface area contributed by atoms with Gasteiger partial charge in [-0.05, 0) is 54.4 Å². The summed E-state index contributed by atoms with van der Waals surface area (Å²) in [6.45, 7) is 1.78. The first kappa shape index (κ1) is 25.7. The first-order valence-corrected chi connectivity index (χ1v) is 12.7. The zero-order valence-electron chi connectivity index (χ0n) is 19.1. The van der Waals surface area contributed by atoms with Crippen LogP contribution in [0.15, 0.2) is 54.6 Å². The molecule has 0 bridgehead atoms. The molecule has 10 heteroatoms. The Morgan fingerprint density at radius 1 is 0.941 bits per heavy atom. The van der Waals surface area contributed by atoms with E-state index in [1.807, 2.05) is 0 Å². The molecule has 0 unspecified atom stereocenters. The topological polar surface area (TPSA) is 84.9 Å². The number of anilines is 2. The van der Waals surface area contributed by atoms with Crippen molar-refractivity contribution in [2.24, 2.45) is 0 Å². The van der Waals surface area contributed by atoms with Crippen molar-refractivity contribution < 1.29 is 22.7 Å². The molecule has 34 heavy (non-hydrogen) atoms. The second-order valence-corrected chi connectivity index (χ2v) is 10.3. The highest BCUT2D eigenvalue weighted by molar-refractivity contribution is 7.92. The minimum Gasteiger partial charge on any atom is -0.493 e. The quantitative estimate of drug-likeness (QED) is 0.419. The lowest BCUT2D eigenvalue weighted by molar-refractivity contribution is 0.102. The summed E-state index contributed by atoms with van der Waals surface area (Å²) >= 11 is 12.0. The Balaban J connectivity index is 2.14. The largest absolute Gasteiger partial charge is 0.493 e. The third-order valence-corrected chi connectivity index (χ3v) is 6.71. The predicted octanol–water partition coefficient (Wildman–Crippen LogP) is 5.54. The van der Waals surface area contributed by atoms with Gasteiger partial charge in [-0.3, -0.25) is 9.10 Å². The number of nitrogens with one attached hydrogen (secondary N) is 1. The van der Waals surface area contributed by atoms with Gasteiger partial charge in [0.2, 0.25) is 10.0 Å². The van der Waals surface area contributed by atoms with Gasteiger partial charge in [0.15, 0.2) is 11.5 Å². The summed E-state index contributed by atoms with van der Waals surface area (Å²) in [6, 6.07) is 14.8. The van der Waals surface area contributed by atoms with Crippen LogP contribution in [-0.4, -0.2) is 34.8 Å². The smallest absolute Gasteiger partial charge is 0.257 e. The number of sulfonamides is 1. The molecule has 0 atom stereocenters. The molecule has 0 saturated heterocycles. The lowest BCUT2D eigenvalue weighted by Gasteiger charge is -2.26. The third-order valence-electron chi connectivity index (χ3n) is 5.09. The van der Waals surface area contributed by atoms with Gasteiger partial charge < -0.3 is 14.8 Å². The molecule has 3 aromatic rings. The lowest BCUT2D eigenvalue weighted by atomic mass is 10.1. The van der Waals surface area contributed by atoms with Crippen LogP contribution in [0.4, 0.5) is 11.4 Å². The molecule has 0 heterocycles. The Bertz CT molecular complexity index is 1310. The number of nitrogens with zero attached hydrogens (tertiary/aromatic N) is 1. The number of benzene rings is 3. The highest BCUT2D eigenvalue weighted by Gasteiger charge is 2.27. The molecule has 0 spiro atoms. The van der Waals surface area contributed by atoms with Gasteiger partial charge in [0.25, 0.3) is 5.91 Å². The van der Waals surface area contributed by atoms with Crippen LogP contribution in [0.2, 0.25) is 10.0 Å². The molecule has 7 nitrogen and oxygen atoms in total. The van der Waals surface area contributed by atoms with Crippen LogP contribution in [0.25, 0.3) is 0 Å². The number of rotatable bonds is 8. The van der Waals surface area contributed by atoms with E-state index in [2.05, 4.69) is 5.32 Å². The number of carbonyl (C=O) groups is 1. The van der Waals surface area contributed by atoms with Gasteiger partial charge in [-0.15, -0.1) is 0 Å². The number of hydrogen-bond donors (Lipinski definition) is 1. The van der Waals surface area contributed by atoms with Crippen molar-refractivity contribution in [2.45, 2.75) is 13.5 Å². The first-order valence-electron chi connectivity index (χ1n) is 10.1. The summed E-state index contributed by atoms with van der Waals surface area (Å²) in [4.78, 5) is 13.4. The fourth-order valence-corrected chi connectivity index (χ4v) is 4.59. The number of methoxy groups -OCH3 is 2. The van der Waals surface area contributed by atoms with E-state index in [0.29, 0.717) is 21.3 Å². The Morgan fingerprint density at radius 2 is 1.53 bits per heavy atom. The number of ether oxygens (including phenoxy) is 2. The summed E-state index contributed by atoms with van der Waals surface area (Å²) in [5, 5.41) is 3.89. The zero-order valence-corrected chi connectivity index (χ0v) is 21.4. The average molecular weight is 523 g/mol. The molecular formula is C24H24Cl2N2O5S. The zero-order chi connectivity index (χ0) is 25.0. The second-order valence-electron chi connectivity index (χ2n) is 7.53. The molecule has 3 rings (SSSR count). The van der Waals surface area contributed by atoms with E-state index >= 15 is 0 Å². The molecule has 0 aromatic heterocycles. The standard InChI is InChI=1S/C24H24Cl2N2O5S/c1-15-11-18(26)9-10-20(15)27-24(29)19-12-22(32-2)23(33-3)13-21(19)28(34(4,30)31)14-16-5-7-17(25)8-6-16/h5-13H,14H2,1-4H3,(H,27,29). The van der Waals surface area contributed by atoms with Gasteiger partial charge in [0.1, 0.15) is 0 Å². The third kappa shape index (κ3) is 5.94. The lowest BCUT2D eigenvalue weighted by Crippen LogP contribution is -2.31. The predicted molar refractivity (Wildman–Crippen MR) is 136 cm³/mol. The van der Waals surface area contributed by atoms with E-state index < -0.39 is 15.9 Å². The molecule has 0 fully saturated rings. The maximum absolute atomic E-state index is 13.4. The molecule has 0 aliphatic rings. The monoisotopic (exact) mass is 522 g/mol. The van der Waals surface area contributed by atoms with Gasteiger partial charge >= 0.3 is 0 Å². The highest BCUT2D eigenvalue weighted by Crippen LogP contribution is 2.37. The summed E-state index contributed by atoms with van der Waals surface area (Å²) in [6.07, 6.45) is 1.07. The molecule has 1 amide bonds. The molecule has 180 valence electrons. The van der Waals surface area contributed by atoms with Crippen LogP contribution in [0.5, 0.6) is 11.5 Å². The van der Waals surface area contributed by atoms with Gasteiger partial charge in [-0.2, -0.15) is 0 Å². The maximum Gasteiger partial charge on any atom is 0.257 e. The van der Waals surface area contributed by atoms with Crippen molar-refractivity contribution in [3.05, 3.63) is 81.3 Å². The van der Waals surface area contributed by atoms with Gasteiger partial charge in [-0.1, -0.05) is 35.3 Å². The molecule has 0 saturated carbocycles.